The highest BCUT2D eigenvalue weighted by Gasteiger charge is 2.37. The van der Waals surface area contributed by atoms with Crippen LogP contribution >= 0.6 is 22.7 Å². The summed E-state index contributed by atoms with van der Waals surface area (Å²) in [6.45, 7) is 7.86. The highest BCUT2D eigenvalue weighted by atomic mass is 32.2. The van der Waals surface area contributed by atoms with Crippen molar-refractivity contribution in [2.75, 3.05) is 4.31 Å². The molecule has 3 aromatic rings. The van der Waals surface area contributed by atoms with E-state index in [2.05, 4.69) is 4.98 Å². The Balaban J connectivity index is 1.80. The molecule has 4 nitrogen and oxygen atoms in total. The standard InChI is InChI=1S/C19H20N2O2S3/c1-11-9-15-7-5-6-8-16(15)21(11)26(22,23)18-10-17(24-14(18)4)19-20-12(2)13(3)25-19/h5-8,10-11H,9H2,1-4H3. The van der Waals surface area contributed by atoms with E-state index in [0.29, 0.717) is 4.90 Å². The molecule has 0 aliphatic carbocycles. The number of sulfonamides is 1. The van der Waals surface area contributed by atoms with Gasteiger partial charge in [0.1, 0.15) is 9.90 Å². The molecule has 0 fully saturated rings. The fourth-order valence-electron chi connectivity index (χ4n) is 3.41. The maximum absolute atomic E-state index is 13.5. The normalized spacial score (nSPS) is 16.9. The van der Waals surface area contributed by atoms with E-state index in [1.807, 2.05) is 52.0 Å². The van der Waals surface area contributed by atoms with Gasteiger partial charge in [-0.2, -0.15) is 0 Å². The molecule has 0 saturated carbocycles. The first-order valence-electron chi connectivity index (χ1n) is 8.46. The Morgan fingerprint density at radius 2 is 1.85 bits per heavy atom. The summed E-state index contributed by atoms with van der Waals surface area (Å²) in [4.78, 5) is 7.87. The SMILES string of the molecule is Cc1nc(-c2cc(S(=O)(=O)N3c4ccccc4CC3C)c(C)s2)sc1C. The van der Waals surface area contributed by atoms with Gasteiger partial charge in [-0.05, 0) is 51.8 Å². The third-order valence-electron chi connectivity index (χ3n) is 4.79. The number of hydrogen-bond acceptors (Lipinski definition) is 5. The van der Waals surface area contributed by atoms with E-state index in [4.69, 9.17) is 0 Å². The quantitative estimate of drug-likeness (QED) is 0.621. The monoisotopic (exact) mass is 404 g/mol. The first kappa shape index (κ1) is 17.7. The maximum atomic E-state index is 13.5. The molecule has 1 unspecified atom stereocenters. The lowest BCUT2D eigenvalue weighted by Crippen LogP contribution is -2.35. The van der Waals surface area contributed by atoms with Crippen molar-refractivity contribution in [3.8, 4) is 9.88 Å². The first-order valence-corrected chi connectivity index (χ1v) is 11.5. The van der Waals surface area contributed by atoms with Crippen molar-refractivity contribution in [1.82, 2.24) is 4.98 Å². The highest BCUT2D eigenvalue weighted by Crippen LogP contribution is 2.41. The largest absolute Gasteiger partial charge is 0.265 e. The Hall–Kier alpha value is -1.70. The van der Waals surface area contributed by atoms with Gasteiger partial charge < -0.3 is 0 Å². The van der Waals surface area contributed by atoms with E-state index in [-0.39, 0.29) is 6.04 Å². The third-order valence-corrected chi connectivity index (χ3v) is 9.27. The smallest absolute Gasteiger partial charge is 0.263 e. The van der Waals surface area contributed by atoms with Crippen molar-refractivity contribution in [2.24, 2.45) is 0 Å². The van der Waals surface area contributed by atoms with Gasteiger partial charge in [-0.25, -0.2) is 13.4 Å². The van der Waals surface area contributed by atoms with Gasteiger partial charge in [0.15, 0.2) is 0 Å². The van der Waals surface area contributed by atoms with Crippen LogP contribution in [0.5, 0.6) is 0 Å². The lowest BCUT2D eigenvalue weighted by molar-refractivity contribution is 0.584. The summed E-state index contributed by atoms with van der Waals surface area (Å²) in [7, 11) is -3.60. The maximum Gasteiger partial charge on any atom is 0.265 e. The molecular formula is C19H20N2O2S3. The lowest BCUT2D eigenvalue weighted by atomic mass is 10.1. The predicted octanol–water partition coefficient (Wildman–Crippen LogP) is 4.94. The van der Waals surface area contributed by atoms with Crippen LogP contribution in [0.3, 0.4) is 0 Å². The zero-order valence-electron chi connectivity index (χ0n) is 15.1. The van der Waals surface area contributed by atoms with Crippen LogP contribution in [0.25, 0.3) is 9.88 Å². The number of para-hydroxylation sites is 1. The van der Waals surface area contributed by atoms with Gasteiger partial charge in [0.05, 0.1) is 16.3 Å². The Labute approximate surface area is 162 Å². The molecule has 1 aliphatic heterocycles. The Morgan fingerprint density at radius 1 is 1.12 bits per heavy atom. The van der Waals surface area contributed by atoms with Gasteiger partial charge in [0, 0.05) is 15.8 Å². The number of rotatable bonds is 3. The molecule has 0 N–H and O–H groups in total. The molecule has 0 saturated heterocycles. The summed E-state index contributed by atoms with van der Waals surface area (Å²) in [6.07, 6.45) is 0.746. The summed E-state index contributed by atoms with van der Waals surface area (Å²) in [5, 5.41) is 0.893. The molecule has 1 atom stereocenters. The third kappa shape index (κ3) is 2.69. The van der Waals surface area contributed by atoms with Crippen molar-refractivity contribution in [3.63, 3.8) is 0 Å². The predicted molar refractivity (Wildman–Crippen MR) is 109 cm³/mol. The van der Waals surface area contributed by atoms with Crippen LogP contribution < -0.4 is 4.31 Å². The second kappa shape index (κ2) is 6.18. The Bertz CT molecular complexity index is 1080. The average Bonchev–Trinajstić information content (AvgIpc) is 3.23. The molecule has 0 amide bonds. The molecule has 0 spiro atoms. The minimum absolute atomic E-state index is 0.0792. The van der Waals surface area contributed by atoms with Crippen molar-refractivity contribution < 1.29 is 8.42 Å². The molecule has 0 bridgehead atoms. The molecule has 1 aromatic carbocycles. The van der Waals surface area contributed by atoms with Gasteiger partial charge in [-0.3, -0.25) is 4.31 Å². The number of anilines is 1. The van der Waals surface area contributed by atoms with Crippen LogP contribution in [-0.4, -0.2) is 19.4 Å². The van der Waals surface area contributed by atoms with Gasteiger partial charge in [0.2, 0.25) is 0 Å². The number of fused-ring (bicyclic) bond motifs is 1. The van der Waals surface area contributed by atoms with E-state index in [1.54, 1.807) is 21.7 Å². The zero-order valence-corrected chi connectivity index (χ0v) is 17.6. The van der Waals surface area contributed by atoms with Gasteiger partial charge >= 0.3 is 0 Å². The summed E-state index contributed by atoms with van der Waals surface area (Å²) in [6, 6.07) is 9.47. The number of thiazole rings is 1. The number of aryl methyl sites for hydroxylation is 3. The van der Waals surface area contributed by atoms with Crippen molar-refractivity contribution >= 4 is 38.4 Å². The second-order valence-electron chi connectivity index (χ2n) is 6.67. The van der Waals surface area contributed by atoms with E-state index in [9.17, 15) is 8.42 Å². The number of aromatic nitrogens is 1. The number of benzene rings is 1. The Kier molecular flexibility index (Phi) is 4.21. The highest BCUT2D eigenvalue weighted by molar-refractivity contribution is 7.93. The van der Waals surface area contributed by atoms with Crippen molar-refractivity contribution in [3.05, 3.63) is 51.3 Å². The number of hydrogen-bond donors (Lipinski definition) is 0. The topological polar surface area (TPSA) is 50.3 Å². The number of thiophene rings is 1. The fraction of sp³-hybridized carbons (Fsp3) is 0.316. The molecule has 26 heavy (non-hydrogen) atoms. The molecule has 4 rings (SSSR count). The van der Waals surface area contributed by atoms with Crippen LogP contribution in [-0.2, 0) is 16.4 Å². The molecule has 136 valence electrons. The van der Waals surface area contributed by atoms with Crippen LogP contribution in [0.4, 0.5) is 5.69 Å². The van der Waals surface area contributed by atoms with Crippen molar-refractivity contribution in [1.29, 1.82) is 0 Å². The van der Waals surface area contributed by atoms with Crippen LogP contribution in [0.15, 0.2) is 35.2 Å². The molecule has 0 radical (unpaired) electrons. The summed E-state index contributed by atoms with van der Waals surface area (Å²) in [5.41, 5.74) is 2.89. The van der Waals surface area contributed by atoms with Crippen LogP contribution in [0, 0.1) is 20.8 Å². The van der Waals surface area contributed by atoms with E-state index in [0.717, 1.165) is 43.0 Å². The van der Waals surface area contributed by atoms with Crippen LogP contribution in [0.1, 0.15) is 27.9 Å². The Morgan fingerprint density at radius 3 is 2.54 bits per heavy atom. The first-order chi connectivity index (χ1) is 12.3. The summed E-state index contributed by atoms with van der Waals surface area (Å²) >= 11 is 3.11. The van der Waals surface area contributed by atoms with E-state index < -0.39 is 10.0 Å². The van der Waals surface area contributed by atoms with E-state index in [1.165, 1.54) is 11.3 Å². The van der Waals surface area contributed by atoms with E-state index >= 15 is 0 Å². The fourth-order valence-corrected chi connectivity index (χ4v) is 7.63. The number of nitrogens with zero attached hydrogens (tertiary/aromatic N) is 2. The zero-order chi connectivity index (χ0) is 18.6. The molecule has 7 heteroatoms. The van der Waals surface area contributed by atoms with Crippen molar-refractivity contribution in [2.45, 2.75) is 45.1 Å². The molecule has 3 heterocycles. The minimum atomic E-state index is -3.60. The lowest BCUT2D eigenvalue weighted by Gasteiger charge is -2.24. The molecular weight excluding hydrogens is 384 g/mol. The summed E-state index contributed by atoms with van der Waals surface area (Å²) in [5.74, 6) is 0. The second-order valence-corrected chi connectivity index (χ2v) is 10.9. The summed E-state index contributed by atoms with van der Waals surface area (Å²) < 4.78 is 28.5. The van der Waals surface area contributed by atoms with Gasteiger partial charge in [-0.15, -0.1) is 22.7 Å². The molecule has 2 aromatic heterocycles. The van der Waals surface area contributed by atoms with Gasteiger partial charge in [0.25, 0.3) is 10.0 Å². The van der Waals surface area contributed by atoms with Crippen LogP contribution in [0.2, 0.25) is 0 Å². The molecule has 1 aliphatic rings. The average molecular weight is 405 g/mol. The van der Waals surface area contributed by atoms with Gasteiger partial charge in [-0.1, -0.05) is 18.2 Å². The minimum Gasteiger partial charge on any atom is -0.263 e.